The van der Waals surface area contributed by atoms with Gasteiger partial charge in [-0.15, -0.1) is 0 Å². The van der Waals surface area contributed by atoms with E-state index in [1.807, 2.05) is 30.3 Å². The Balaban J connectivity index is 1.51. The number of carbonyl (C=O) groups is 4. The zero-order valence-corrected chi connectivity index (χ0v) is 18.8. The minimum atomic E-state index is -1.39. The molecule has 11 heteroatoms. The highest BCUT2D eigenvalue weighted by Gasteiger charge is 2.49. The molecule has 3 fully saturated rings. The van der Waals surface area contributed by atoms with Crippen LogP contribution in [0.5, 0.6) is 0 Å². The number of nitrogens with one attached hydrogen (secondary N) is 1. The summed E-state index contributed by atoms with van der Waals surface area (Å²) in [6.45, 7) is 1.74. The molecule has 1 aromatic carbocycles. The summed E-state index contributed by atoms with van der Waals surface area (Å²) < 4.78 is 5.50. The molecule has 4 atom stereocenters. The lowest BCUT2D eigenvalue weighted by Crippen LogP contribution is -2.62. The zero-order chi connectivity index (χ0) is 24.2. The molecular formula is C23H30N4O7. The van der Waals surface area contributed by atoms with Gasteiger partial charge in [0, 0.05) is 38.5 Å². The fourth-order valence-electron chi connectivity index (χ4n) is 5.22. The molecule has 0 aliphatic carbocycles. The molecule has 3 heterocycles. The molecule has 11 nitrogen and oxygen atoms in total. The van der Waals surface area contributed by atoms with E-state index in [2.05, 4.69) is 0 Å². The van der Waals surface area contributed by atoms with Gasteiger partial charge in [0.1, 0.15) is 12.1 Å². The Morgan fingerprint density at radius 1 is 0.971 bits per heavy atom. The van der Waals surface area contributed by atoms with Crippen molar-refractivity contribution in [3.63, 3.8) is 0 Å². The quantitative estimate of drug-likeness (QED) is 0.444. The predicted octanol–water partition coefficient (Wildman–Crippen LogP) is 1.48. The Kier molecular flexibility index (Phi) is 7.20. The van der Waals surface area contributed by atoms with Gasteiger partial charge in [0.2, 0.25) is 11.8 Å². The summed E-state index contributed by atoms with van der Waals surface area (Å²) in [4.78, 5) is 54.6. The van der Waals surface area contributed by atoms with Crippen LogP contribution < -0.4 is 5.48 Å². The Morgan fingerprint density at radius 3 is 2.32 bits per heavy atom. The Hall–Kier alpha value is -3.34. The van der Waals surface area contributed by atoms with E-state index in [9.17, 15) is 29.5 Å². The van der Waals surface area contributed by atoms with Gasteiger partial charge in [0.15, 0.2) is 0 Å². The monoisotopic (exact) mass is 474 g/mol. The maximum Gasteiger partial charge on any atom is 0.410 e. The van der Waals surface area contributed by atoms with Gasteiger partial charge < -0.3 is 19.6 Å². The summed E-state index contributed by atoms with van der Waals surface area (Å²) in [5.41, 5.74) is 2.65. The summed E-state index contributed by atoms with van der Waals surface area (Å²) in [6.07, 6.45) is -0.475. The lowest BCUT2D eigenvalue weighted by Gasteiger charge is -2.42. The standard InChI is InChI=1S/C23H30N4O7/c28-20(24-33)18-12-17(34-23(32)25-9-4-5-10-25)14-27(22(30)31)19(18)21(29)26-11-8-16(13-26)15-6-2-1-3-7-15/h1-3,6-7,16-19,33H,4-5,8-14H2,(H,24,28)(H,30,31)/t16?,17-,18-,19-/m0/s1. The zero-order valence-electron chi connectivity index (χ0n) is 18.8. The largest absolute Gasteiger partial charge is 0.465 e. The number of hydrogen-bond donors (Lipinski definition) is 3. The van der Waals surface area contributed by atoms with Crippen LogP contribution in [0.1, 0.15) is 37.2 Å². The number of hydroxylamine groups is 1. The van der Waals surface area contributed by atoms with Crippen molar-refractivity contribution >= 4 is 24.0 Å². The molecule has 3 saturated heterocycles. The molecule has 1 unspecified atom stereocenters. The van der Waals surface area contributed by atoms with Crippen molar-refractivity contribution in [2.45, 2.75) is 43.7 Å². The van der Waals surface area contributed by atoms with E-state index in [4.69, 9.17) is 4.74 Å². The summed E-state index contributed by atoms with van der Waals surface area (Å²) in [5.74, 6) is -2.45. The fraction of sp³-hybridized carbons (Fsp3) is 0.565. The second-order valence-corrected chi connectivity index (χ2v) is 9.08. The molecule has 0 saturated carbocycles. The third kappa shape index (κ3) is 4.93. The number of hydrogen-bond acceptors (Lipinski definition) is 6. The van der Waals surface area contributed by atoms with Gasteiger partial charge in [0.25, 0.3) is 0 Å². The van der Waals surface area contributed by atoms with Crippen LogP contribution in [0.15, 0.2) is 30.3 Å². The average molecular weight is 475 g/mol. The van der Waals surface area contributed by atoms with Crippen LogP contribution in [-0.2, 0) is 14.3 Å². The van der Waals surface area contributed by atoms with Gasteiger partial charge in [-0.25, -0.2) is 15.1 Å². The van der Waals surface area contributed by atoms with Crippen LogP contribution >= 0.6 is 0 Å². The molecule has 3 N–H and O–H groups in total. The van der Waals surface area contributed by atoms with Crippen molar-refractivity contribution in [2.24, 2.45) is 5.92 Å². The van der Waals surface area contributed by atoms with Crippen molar-refractivity contribution in [3.05, 3.63) is 35.9 Å². The van der Waals surface area contributed by atoms with Crippen LogP contribution in [0.4, 0.5) is 9.59 Å². The van der Waals surface area contributed by atoms with E-state index in [0.717, 1.165) is 29.7 Å². The van der Waals surface area contributed by atoms with Crippen LogP contribution in [0.25, 0.3) is 0 Å². The van der Waals surface area contributed by atoms with Crippen molar-refractivity contribution < 1.29 is 34.2 Å². The van der Waals surface area contributed by atoms with Crippen LogP contribution in [0.2, 0.25) is 0 Å². The van der Waals surface area contributed by atoms with Gasteiger partial charge in [-0.2, -0.15) is 0 Å². The highest BCUT2D eigenvalue weighted by molar-refractivity contribution is 5.92. The highest BCUT2D eigenvalue weighted by Crippen LogP contribution is 2.32. The minimum absolute atomic E-state index is 0.0673. The van der Waals surface area contributed by atoms with Crippen LogP contribution in [0.3, 0.4) is 0 Å². The number of ether oxygens (including phenoxy) is 1. The highest BCUT2D eigenvalue weighted by atomic mass is 16.6. The minimum Gasteiger partial charge on any atom is -0.465 e. The number of carbonyl (C=O) groups excluding carboxylic acids is 3. The summed E-state index contributed by atoms with van der Waals surface area (Å²) in [7, 11) is 0. The molecule has 1 aromatic rings. The van der Waals surface area contributed by atoms with Crippen LogP contribution in [0, 0.1) is 5.92 Å². The molecule has 3 aliphatic rings. The summed E-state index contributed by atoms with van der Waals surface area (Å²) in [5, 5.41) is 19.2. The third-order valence-corrected chi connectivity index (χ3v) is 6.98. The van der Waals surface area contributed by atoms with E-state index in [-0.39, 0.29) is 18.9 Å². The summed E-state index contributed by atoms with van der Waals surface area (Å²) in [6, 6.07) is 8.44. The lowest BCUT2D eigenvalue weighted by molar-refractivity contribution is -0.150. The SMILES string of the molecule is O=C(NO)[C@H]1C[C@H](OC(=O)N2CCCC2)CN(C(=O)O)[C@@H]1C(=O)N1CCC(c2ccccc2)C1. The van der Waals surface area contributed by atoms with Gasteiger partial charge in [-0.1, -0.05) is 30.3 Å². The van der Waals surface area contributed by atoms with E-state index in [1.54, 1.807) is 10.4 Å². The number of amides is 4. The number of likely N-dealkylation sites (tertiary alicyclic amines) is 3. The van der Waals surface area contributed by atoms with Crippen molar-refractivity contribution in [2.75, 3.05) is 32.7 Å². The first-order chi connectivity index (χ1) is 16.4. The molecule has 184 valence electrons. The molecule has 0 spiro atoms. The Bertz CT molecular complexity index is 921. The molecule has 3 aliphatic heterocycles. The van der Waals surface area contributed by atoms with E-state index >= 15 is 0 Å². The molecule has 0 aromatic heterocycles. The molecule has 0 radical (unpaired) electrons. The molecule has 4 rings (SSSR count). The van der Waals surface area contributed by atoms with Gasteiger partial charge in [0.05, 0.1) is 12.5 Å². The van der Waals surface area contributed by atoms with Gasteiger partial charge in [-0.3, -0.25) is 19.7 Å². The number of piperidine rings is 1. The van der Waals surface area contributed by atoms with Crippen molar-refractivity contribution in [3.8, 4) is 0 Å². The number of rotatable bonds is 4. The van der Waals surface area contributed by atoms with Crippen LogP contribution in [-0.4, -0.2) is 93.9 Å². The number of nitrogens with zero attached hydrogens (tertiary/aromatic N) is 3. The molecular weight excluding hydrogens is 444 g/mol. The molecule has 0 bridgehead atoms. The van der Waals surface area contributed by atoms with Crippen molar-refractivity contribution in [1.29, 1.82) is 0 Å². The van der Waals surface area contributed by atoms with Gasteiger partial charge in [-0.05, 0) is 24.8 Å². The summed E-state index contributed by atoms with van der Waals surface area (Å²) >= 11 is 0. The third-order valence-electron chi connectivity index (χ3n) is 6.98. The number of carboxylic acid groups (broad SMARTS) is 1. The number of benzene rings is 1. The van der Waals surface area contributed by atoms with Gasteiger partial charge >= 0.3 is 12.2 Å². The van der Waals surface area contributed by atoms with Crippen molar-refractivity contribution in [1.82, 2.24) is 20.2 Å². The fourth-order valence-corrected chi connectivity index (χ4v) is 5.22. The van der Waals surface area contributed by atoms with E-state index in [0.29, 0.717) is 26.2 Å². The molecule has 34 heavy (non-hydrogen) atoms. The smallest absolute Gasteiger partial charge is 0.410 e. The second-order valence-electron chi connectivity index (χ2n) is 9.08. The Labute approximate surface area is 197 Å². The second kappa shape index (κ2) is 10.3. The molecule has 4 amide bonds. The average Bonchev–Trinajstić information content (AvgIpc) is 3.56. The maximum absolute atomic E-state index is 13.5. The first-order valence-electron chi connectivity index (χ1n) is 11.6. The maximum atomic E-state index is 13.5. The van der Waals surface area contributed by atoms with E-state index < -0.39 is 42.1 Å². The normalized spacial score (nSPS) is 26.9. The predicted molar refractivity (Wildman–Crippen MR) is 118 cm³/mol. The first-order valence-corrected chi connectivity index (χ1v) is 11.6. The first kappa shape index (κ1) is 23.8. The Morgan fingerprint density at radius 2 is 1.68 bits per heavy atom. The lowest BCUT2D eigenvalue weighted by atomic mass is 9.86. The van der Waals surface area contributed by atoms with E-state index in [1.165, 1.54) is 4.90 Å². The topological polar surface area (TPSA) is 140 Å².